The molecule has 2 aliphatic rings. The molecule has 26 heavy (non-hydrogen) atoms. The van der Waals surface area contributed by atoms with E-state index in [2.05, 4.69) is 5.32 Å². The van der Waals surface area contributed by atoms with Gasteiger partial charge in [0.1, 0.15) is 11.6 Å². The summed E-state index contributed by atoms with van der Waals surface area (Å²) in [4.78, 5) is 38.5. The van der Waals surface area contributed by atoms with Crippen LogP contribution < -0.4 is 11.1 Å². The van der Waals surface area contributed by atoms with E-state index in [4.69, 9.17) is 15.7 Å². The summed E-state index contributed by atoms with van der Waals surface area (Å²) in [5.41, 5.74) is 5.24. The van der Waals surface area contributed by atoms with Crippen LogP contribution in [0, 0.1) is 11.3 Å². The van der Waals surface area contributed by atoms with E-state index in [1.54, 1.807) is 39.0 Å². The highest BCUT2D eigenvalue weighted by atomic mass is 16.6. The third kappa shape index (κ3) is 2.75. The number of likely N-dealkylation sites (tertiary alicyclic amines) is 1. The van der Waals surface area contributed by atoms with E-state index < -0.39 is 29.1 Å². The lowest BCUT2D eigenvalue weighted by Crippen LogP contribution is -2.46. The zero-order chi connectivity index (χ0) is 19.3. The van der Waals surface area contributed by atoms with Crippen molar-refractivity contribution >= 4 is 23.6 Å². The molecule has 1 fully saturated rings. The molecule has 3 amide bonds. The molecule has 0 aromatic heterocycles. The lowest BCUT2D eigenvalue weighted by molar-refractivity contribution is -0.122. The number of nitrogens with one attached hydrogen (secondary N) is 1. The molecule has 0 unspecified atom stereocenters. The smallest absolute Gasteiger partial charge is 0.411 e. The Morgan fingerprint density at radius 3 is 2.69 bits per heavy atom. The summed E-state index contributed by atoms with van der Waals surface area (Å²) in [6.07, 6.45) is -0.611. The number of hydrogen-bond acceptors (Lipinski definition) is 5. The summed E-state index contributed by atoms with van der Waals surface area (Å²) in [5, 5.41) is 11.8. The minimum absolute atomic E-state index is 0.0136. The van der Waals surface area contributed by atoms with E-state index in [9.17, 15) is 14.4 Å². The van der Waals surface area contributed by atoms with Gasteiger partial charge in [-0.3, -0.25) is 14.5 Å². The van der Waals surface area contributed by atoms with Crippen molar-refractivity contribution in [2.24, 2.45) is 5.73 Å². The first-order valence-corrected chi connectivity index (χ1v) is 8.22. The fraction of sp³-hybridized carbons (Fsp3) is 0.444. The van der Waals surface area contributed by atoms with E-state index in [1.807, 2.05) is 6.07 Å². The van der Waals surface area contributed by atoms with Crippen LogP contribution in [0.5, 0.6) is 0 Å². The number of amides is 3. The van der Waals surface area contributed by atoms with Gasteiger partial charge in [0.05, 0.1) is 17.0 Å². The Bertz CT molecular complexity index is 852. The monoisotopic (exact) mass is 356 g/mol. The SMILES string of the molecule is CC(C)(C)OC(=O)N1C[C@]2(C[C@H]1C(N)=O)C(=O)Nc1cc(C#N)ccc12. The molecule has 0 saturated carbocycles. The Morgan fingerprint density at radius 2 is 2.12 bits per heavy atom. The summed E-state index contributed by atoms with van der Waals surface area (Å²) in [5.74, 6) is -1.01. The van der Waals surface area contributed by atoms with Gasteiger partial charge in [0, 0.05) is 12.2 Å². The fourth-order valence-electron chi connectivity index (χ4n) is 3.53. The molecule has 2 atom stereocenters. The summed E-state index contributed by atoms with van der Waals surface area (Å²) in [6.45, 7) is 5.14. The molecule has 8 nitrogen and oxygen atoms in total. The zero-order valence-electron chi connectivity index (χ0n) is 14.8. The highest BCUT2D eigenvalue weighted by molar-refractivity contribution is 6.08. The van der Waals surface area contributed by atoms with Crippen LogP contribution in [0.25, 0.3) is 0 Å². The number of primary amides is 1. The average Bonchev–Trinajstić information content (AvgIpc) is 3.06. The van der Waals surface area contributed by atoms with Gasteiger partial charge in [0.15, 0.2) is 0 Å². The number of ether oxygens (including phenoxy) is 1. The summed E-state index contributed by atoms with van der Waals surface area (Å²) in [7, 11) is 0. The second-order valence-corrected chi connectivity index (χ2v) is 7.64. The number of hydrogen-bond donors (Lipinski definition) is 2. The number of nitriles is 1. The first-order chi connectivity index (χ1) is 12.1. The predicted molar refractivity (Wildman–Crippen MR) is 92.0 cm³/mol. The van der Waals surface area contributed by atoms with E-state index in [0.29, 0.717) is 16.8 Å². The third-order valence-electron chi connectivity index (χ3n) is 4.66. The Hall–Kier alpha value is -3.08. The normalized spacial score (nSPS) is 24.2. The van der Waals surface area contributed by atoms with Gasteiger partial charge >= 0.3 is 6.09 Å². The van der Waals surface area contributed by atoms with Crippen molar-refractivity contribution in [2.45, 2.75) is 44.2 Å². The van der Waals surface area contributed by atoms with E-state index >= 15 is 0 Å². The largest absolute Gasteiger partial charge is 0.444 e. The molecule has 8 heteroatoms. The van der Waals surface area contributed by atoms with Crippen LogP contribution in [0.4, 0.5) is 10.5 Å². The van der Waals surface area contributed by atoms with E-state index in [1.165, 1.54) is 4.90 Å². The van der Waals surface area contributed by atoms with Gasteiger partial charge in [0.2, 0.25) is 11.8 Å². The number of benzene rings is 1. The van der Waals surface area contributed by atoms with Gasteiger partial charge in [0.25, 0.3) is 0 Å². The molecule has 1 aromatic carbocycles. The number of carbonyl (C=O) groups excluding carboxylic acids is 3. The fourth-order valence-corrected chi connectivity index (χ4v) is 3.53. The Kier molecular flexibility index (Phi) is 3.91. The van der Waals surface area contributed by atoms with Gasteiger partial charge in [-0.2, -0.15) is 5.26 Å². The van der Waals surface area contributed by atoms with Gasteiger partial charge in [-0.1, -0.05) is 6.07 Å². The molecule has 136 valence electrons. The quantitative estimate of drug-likeness (QED) is 0.783. The maximum atomic E-state index is 12.8. The van der Waals surface area contributed by atoms with Crippen LogP contribution in [-0.2, 0) is 19.7 Å². The second-order valence-electron chi connectivity index (χ2n) is 7.64. The lowest BCUT2D eigenvalue weighted by atomic mass is 9.79. The first kappa shape index (κ1) is 17.7. The van der Waals surface area contributed by atoms with Gasteiger partial charge in [-0.05, 0) is 44.9 Å². The van der Waals surface area contributed by atoms with E-state index in [0.717, 1.165) is 0 Å². The number of fused-ring (bicyclic) bond motifs is 2. The van der Waals surface area contributed by atoms with Crippen molar-refractivity contribution < 1.29 is 19.1 Å². The second kappa shape index (κ2) is 5.73. The molecule has 0 radical (unpaired) electrons. The Labute approximate surface area is 150 Å². The molecule has 1 spiro atoms. The maximum Gasteiger partial charge on any atom is 0.411 e. The van der Waals surface area contributed by atoms with Crippen LogP contribution in [0.1, 0.15) is 38.3 Å². The summed E-state index contributed by atoms with van der Waals surface area (Å²) >= 11 is 0. The van der Waals surface area contributed by atoms with Crippen molar-refractivity contribution in [1.29, 1.82) is 5.26 Å². The number of carbonyl (C=O) groups is 3. The number of nitrogens with two attached hydrogens (primary N) is 1. The third-order valence-corrected chi connectivity index (χ3v) is 4.66. The van der Waals surface area contributed by atoms with Crippen LogP contribution in [0.15, 0.2) is 18.2 Å². The van der Waals surface area contributed by atoms with Crippen LogP contribution in [0.2, 0.25) is 0 Å². The Balaban J connectivity index is 2.00. The van der Waals surface area contributed by atoms with Crippen LogP contribution in [-0.4, -0.2) is 41.0 Å². The first-order valence-electron chi connectivity index (χ1n) is 8.22. The van der Waals surface area contributed by atoms with Crippen molar-refractivity contribution in [3.05, 3.63) is 29.3 Å². The Morgan fingerprint density at radius 1 is 1.42 bits per heavy atom. The van der Waals surface area contributed by atoms with Crippen molar-refractivity contribution in [1.82, 2.24) is 4.90 Å². The molecule has 1 aromatic rings. The number of rotatable bonds is 1. The average molecular weight is 356 g/mol. The molecular formula is C18H20N4O4. The molecule has 3 rings (SSSR count). The van der Waals surface area contributed by atoms with Crippen molar-refractivity contribution in [3.8, 4) is 6.07 Å². The van der Waals surface area contributed by atoms with Gasteiger partial charge in [-0.25, -0.2) is 4.79 Å². The molecule has 0 bridgehead atoms. The predicted octanol–water partition coefficient (Wildman–Crippen LogP) is 1.24. The van der Waals surface area contributed by atoms with Gasteiger partial charge < -0.3 is 15.8 Å². The topological polar surface area (TPSA) is 126 Å². The highest BCUT2D eigenvalue weighted by Crippen LogP contribution is 2.46. The minimum Gasteiger partial charge on any atom is -0.444 e. The molecule has 3 N–H and O–H groups in total. The molecule has 0 aliphatic carbocycles. The summed E-state index contributed by atoms with van der Waals surface area (Å²) < 4.78 is 5.37. The van der Waals surface area contributed by atoms with Crippen molar-refractivity contribution in [3.63, 3.8) is 0 Å². The van der Waals surface area contributed by atoms with Crippen LogP contribution >= 0.6 is 0 Å². The van der Waals surface area contributed by atoms with Gasteiger partial charge in [-0.15, -0.1) is 0 Å². The van der Waals surface area contributed by atoms with Crippen molar-refractivity contribution in [2.75, 3.05) is 11.9 Å². The standard InChI is InChI=1S/C18H20N4O4/c1-17(2,3)26-16(25)22-9-18(7-13(22)14(20)23)11-5-4-10(8-19)6-12(11)21-15(18)24/h4-6,13H,7,9H2,1-3H3,(H2,20,23)(H,21,24)/t13-,18-/m0/s1. The maximum absolute atomic E-state index is 12.8. The highest BCUT2D eigenvalue weighted by Gasteiger charge is 2.57. The summed E-state index contributed by atoms with van der Waals surface area (Å²) in [6, 6.07) is 5.94. The molecule has 1 saturated heterocycles. The molecule has 2 heterocycles. The molecule has 2 aliphatic heterocycles. The molecular weight excluding hydrogens is 336 g/mol. The van der Waals surface area contributed by atoms with Crippen LogP contribution in [0.3, 0.4) is 0 Å². The van der Waals surface area contributed by atoms with E-state index in [-0.39, 0.29) is 18.9 Å². The zero-order valence-corrected chi connectivity index (χ0v) is 14.8. The minimum atomic E-state index is -1.08. The number of nitrogens with zero attached hydrogens (tertiary/aromatic N) is 2. The lowest BCUT2D eigenvalue weighted by Gasteiger charge is -2.27. The number of anilines is 1.